The number of ether oxygens (including phenoxy) is 1. The fourth-order valence-electron chi connectivity index (χ4n) is 4.20. The first-order valence-corrected chi connectivity index (χ1v) is 11.2. The number of amides is 3. The van der Waals surface area contributed by atoms with Crippen LogP contribution < -0.4 is 15.5 Å². The summed E-state index contributed by atoms with van der Waals surface area (Å²) in [6, 6.07) is 7.30. The molecule has 0 spiro atoms. The van der Waals surface area contributed by atoms with Crippen molar-refractivity contribution >= 4 is 35.1 Å². The summed E-state index contributed by atoms with van der Waals surface area (Å²) in [4.78, 5) is 28.6. The molecule has 3 saturated heterocycles. The summed E-state index contributed by atoms with van der Waals surface area (Å²) >= 11 is 1.96. The molecule has 0 aromatic heterocycles. The van der Waals surface area contributed by atoms with E-state index in [2.05, 4.69) is 15.5 Å². The molecule has 0 radical (unpaired) electrons. The molecule has 3 aliphatic heterocycles. The summed E-state index contributed by atoms with van der Waals surface area (Å²) in [5.41, 5.74) is 1.66. The number of anilines is 2. The van der Waals surface area contributed by atoms with Gasteiger partial charge < -0.3 is 20.3 Å². The van der Waals surface area contributed by atoms with Gasteiger partial charge in [0.15, 0.2) is 0 Å². The van der Waals surface area contributed by atoms with E-state index in [1.54, 1.807) is 4.90 Å². The topological polar surface area (TPSA) is 73.9 Å². The zero-order chi connectivity index (χ0) is 19.4. The standard InChI is InChI=1S/C20H28N4O3S/c25-18-2-1-8-24(18)17-5-3-16(4-6-17)22-19(26)21-14-20(7-13-28-15-20)23-9-11-27-12-10-23/h3-6H,1-2,7-15H2,(H2,21,22,26). The fourth-order valence-corrected chi connectivity index (χ4v) is 5.68. The summed E-state index contributed by atoms with van der Waals surface area (Å²) in [6.45, 7) is 4.82. The second-order valence-corrected chi connectivity index (χ2v) is 8.74. The summed E-state index contributed by atoms with van der Waals surface area (Å²) in [5.74, 6) is 2.35. The van der Waals surface area contributed by atoms with Crippen LogP contribution in [-0.4, -0.2) is 73.3 Å². The number of nitrogens with zero attached hydrogens (tertiary/aromatic N) is 2. The maximum atomic E-state index is 12.5. The molecule has 3 fully saturated rings. The van der Waals surface area contributed by atoms with E-state index in [-0.39, 0.29) is 17.5 Å². The summed E-state index contributed by atoms with van der Waals surface area (Å²) < 4.78 is 5.49. The zero-order valence-corrected chi connectivity index (χ0v) is 16.9. The molecular formula is C20H28N4O3S. The number of carbonyl (C=O) groups excluding carboxylic acids is 2. The molecule has 8 heteroatoms. The highest BCUT2D eigenvalue weighted by Gasteiger charge is 2.40. The highest BCUT2D eigenvalue weighted by atomic mass is 32.2. The van der Waals surface area contributed by atoms with Gasteiger partial charge in [-0.15, -0.1) is 0 Å². The van der Waals surface area contributed by atoms with Gasteiger partial charge in [-0.05, 0) is 42.9 Å². The number of hydrogen-bond acceptors (Lipinski definition) is 5. The molecule has 3 amide bonds. The molecule has 152 valence electrons. The molecule has 0 aliphatic carbocycles. The Morgan fingerprint density at radius 2 is 1.96 bits per heavy atom. The number of nitrogens with one attached hydrogen (secondary N) is 2. The van der Waals surface area contributed by atoms with Crippen molar-refractivity contribution in [2.45, 2.75) is 24.8 Å². The quantitative estimate of drug-likeness (QED) is 0.787. The van der Waals surface area contributed by atoms with Gasteiger partial charge in [0.05, 0.1) is 13.2 Å². The molecule has 7 nitrogen and oxygen atoms in total. The molecule has 1 aromatic rings. The van der Waals surface area contributed by atoms with Crippen molar-refractivity contribution in [3.8, 4) is 0 Å². The normalized spacial score (nSPS) is 25.9. The zero-order valence-electron chi connectivity index (χ0n) is 16.1. The van der Waals surface area contributed by atoms with Crippen LogP contribution in [0.1, 0.15) is 19.3 Å². The molecule has 0 saturated carbocycles. The van der Waals surface area contributed by atoms with Crippen LogP contribution >= 0.6 is 11.8 Å². The molecular weight excluding hydrogens is 376 g/mol. The Labute approximate surface area is 170 Å². The van der Waals surface area contributed by atoms with Crippen molar-refractivity contribution < 1.29 is 14.3 Å². The molecule has 3 aliphatic rings. The third-order valence-electron chi connectivity index (χ3n) is 5.85. The van der Waals surface area contributed by atoms with Crippen LogP contribution in [0.2, 0.25) is 0 Å². The number of benzene rings is 1. The smallest absolute Gasteiger partial charge is 0.319 e. The molecule has 1 unspecified atom stereocenters. The van der Waals surface area contributed by atoms with Gasteiger partial charge in [0.2, 0.25) is 5.91 Å². The Morgan fingerprint density at radius 1 is 1.18 bits per heavy atom. The lowest BCUT2D eigenvalue weighted by Crippen LogP contribution is -2.59. The average molecular weight is 405 g/mol. The van der Waals surface area contributed by atoms with Gasteiger partial charge in [-0.25, -0.2) is 4.79 Å². The van der Waals surface area contributed by atoms with Crippen LogP contribution in [0.5, 0.6) is 0 Å². The van der Waals surface area contributed by atoms with Gasteiger partial charge in [0.1, 0.15) is 0 Å². The lowest BCUT2D eigenvalue weighted by Gasteiger charge is -2.43. The van der Waals surface area contributed by atoms with Gasteiger partial charge in [0.25, 0.3) is 0 Å². The van der Waals surface area contributed by atoms with Crippen LogP contribution in [0.25, 0.3) is 0 Å². The van der Waals surface area contributed by atoms with Gasteiger partial charge in [-0.2, -0.15) is 11.8 Å². The SMILES string of the molecule is O=C(NCC1(N2CCOCC2)CCSC1)Nc1ccc(N2CCCC2=O)cc1. The first-order valence-electron chi connectivity index (χ1n) is 10.0. The van der Waals surface area contributed by atoms with E-state index in [9.17, 15) is 9.59 Å². The highest BCUT2D eigenvalue weighted by molar-refractivity contribution is 7.99. The summed E-state index contributed by atoms with van der Waals surface area (Å²) in [5, 5.41) is 5.99. The summed E-state index contributed by atoms with van der Waals surface area (Å²) in [7, 11) is 0. The number of morpholine rings is 1. The van der Waals surface area contributed by atoms with Crippen molar-refractivity contribution in [1.82, 2.24) is 10.2 Å². The van der Waals surface area contributed by atoms with E-state index in [1.807, 2.05) is 36.0 Å². The number of rotatable bonds is 5. The Balaban J connectivity index is 1.31. The number of urea groups is 1. The van der Waals surface area contributed by atoms with Crippen molar-refractivity contribution in [3.05, 3.63) is 24.3 Å². The predicted molar refractivity (Wildman–Crippen MR) is 112 cm³/mol. The first kappa shape index (κ1) is 19.5. The third-order valence-corrected chi connectivity index (χ3v) is 7.09. The fraction of sp³-hybridized carbons (Fsp3) is 0.600. The molecule has 1 atom stereocenters. The maximum absolute atomic E-state index is 12.5. The Morgan fingerprint density at radius 3 is 2.61 bits per heavy atom. The minimum Gasteiger partial charge on any atom is -0.379 e. The van der Waals surface area contributed by atoms with Crippen molar-refractivity contribution in [2.75, 3.05) is 61.1 Å². The number of hydrogen-bond donors (Lipinski definition) is 2. The van der Waals surface area contributed by atoms with E-state index in [1.165, 1.54) is 0 Å². The molecule has 4 rings (SSSR count). The van der Waals surface area contributed by atoms with Crippen LogP contribution in [0.3, 0.4) is 0 Å². The summed E-state index contributed by atoms with van der Waals surface area (Å²) in [6.07, 6.45) is 2.62. The molecule has 2 N–H and O–H groups in total. The Kier molecular flexibility index (Phi) is 6.08. The maximum Gasteiger partial charge on any atom is 0.319 e. The van der Waals surface area contributed by atoms with Crippen LogP contribution in [-0.2, 0) is 9.53 Å². The van der Waals surface area contributed by atoms with Crippen LogP contribution in [0.15, 0.2) is 24.3 Å². The van der Waals surface area contributed by atoms with Gasteiger partial charge >= 0.3 is 6.03 Å². The van der Waals surface area contributed by atoms with E-state index >= 15 is 0 Å². The molecule has 28 heavy (non-hydrogen) atoms. The van der Waals surface area contributed by atoms with Crippen molar-refractivity contribution in [3.63, 3.8) is 0 Å². The largest absolute Gasteiger partial charge is 0.379 e. The van der Waals surface area contributed by atoms with Gasteiger partial charge in [-0.1, -0.05) is 0 Å². The monoisotopic (exact) mass is 404 g/mol. The third kappa shape index (κ3) is 4.29. The van der Waals surface area contributed by atoms with Crippen LogP contribution in [0.4, 0.5) is 16.2 Å². The Bertz CT molecular complexity index is 700. The lowest BCUT2D eigenvalue weighted by atomic mass is 9.95. The number of carbonyl (C=O) groups is 2. The first-order chi connectivity index (χ1) is 13.7. The average Bonchev–Trinajstić information content (AvgIpc) is 3.38. The van der Waals surface area contributed by atoms with E-state index < -0.39 is 0 Å². The second kappa shape index (κ2) is 8.71. The van der Waals surface area contributed by atoms with E-state index in [0.29, 0.717) is 13.0 Å². The second-order valence-electron chi connectivity index (χ2n) is 7.63. The lowest BCUT2D eigenvalue weighted by molar-refractivity contribution is -0.117. The van der Waals surface area contributed by atoms with Gasteiger partial charge in [-0.3, -0.25) is 9.69 Å². The predicted octanol–water partition coefficient (Wildman–Crippen LogP) is 2.14. The van der Waals surface area contributed by atoms with Gasteiger partial charge in [0, 0.05) is 55.3 Å². The molecule has 1 aromatic carbocycles. The molecule has 0 bridgehead atoms. The Hall–Kier alpha value is -1.77. The highest BCUT2D eigenvalue weighted by Crippen LogP contribution is 2.33. The minimum absolute atomic E-state index is 0.0335. The van der Waals surface area contributed by atoms with Crippen LogP contribution in [0, 0.1) is 0 Å². The van der Waals surface area contributed by atoms with E-state index in [0.717, 1.165) is 68.6 Å². The van der Waals surface area contributed by atoms with E-state index in [4.69, 9.17) is 4.74 Å². The minimum atomic E-state index is -0.186. The number of thioether (sulfide) groups is 1. The van der Waals surface area contributed by atoms with Crippen molar-refractivity contribution in [2.24, 2.45) is 0 Å². The molecule has 3 heterocycles. The van der Waals surface area contributed by atoms with Crippen molar-refractivity contribution in [1.29, 1.82) is 0 Å².